The Kier molecular flexibility index (Phi) is 3.73. The number of pyridine rings is 1. The number of ether oxygens (including phenoxy) is 1. The highest BCUT2D eigenvalue weighted by Crippen LogP contribution is 2.41. The van der Waals surface area contributed by atoms with Gasteiger partial charge in [-0.25, -0.2) is 9.78 Å². The smallest absolute Gasteiger partial charge is 0.416 e. The summed E-state index contributed by atoms with van der Waals surface area (Å²) >= 11 is 0. The van der Waals surface area contributed by atoms with Gasteiger partial charge in [0, 0.05) is 30.3 Å². The number of hydrogen-bond acceptors (Lipinski definition) is 4. The van der Waals surface area contributed by atoms with Gasteiger partial charge in [0.2, 0.25) is 0 Å². The minimum atomic E-state index is -0.540. The summed E-state index contributed by atoms with van der Waals surface area (Å²) in [6.45, 7) is 8.11. The van der Waals surface area contributed by atoms with Crippen LogP contribution in [0.25, 0.3) is 0 Å². The van der Waals surface area contributed by atoms with Crippen molar-refractivity contribution in [3.05, 3.63) is 23.9 Å². The number of fused-ring (bicyclic) bond motifs is 1. The Morgan fingerprint density at radius 1 is 1.55 bits per heavy atom. The van der Waals surface area contributed by atoms with Gasteiger partial charge in [-0.1, -0.05) is 13.0 Å². The van der Waals surface area contributed by atoms with Crippen molar-refractivity contribution in [1.29, 1.82) is 0 Å². The maximum atomic E-state index is 12.3. The van der Waals surface area contributed by atoms with Crippen LogP contribution in [-0.2, 0) is 10.2 Å². The molecule has 1 aliphatic rings. The molecule has 0 radical (unpaired) electrons. The van der Waals surface area contributed by atoms with Gasteiger partial charge >= 0.3 is 6.09 Å². The lowest BCUT2D eigenvalue weighted by molar-refractivity contribution is 0.0576. The zero-order chi connectivity index (χ0) is 15.0. The standard InChI is InChI=1S/C15H22N2O3/c1-14(2,3)20-13(19)17-10-15(4,7-9-18)11-6-5-8-16-12(11)17/h5-6,8,18H,7,9-10H2,1-4H3. The van der Waals surface area contributed by atoms with Gasteiger partial charge in [0.1, 0.15) is 11.4 Å². The summed E-state index contributed by atoms with van der Waals surface area (Å²) in [5.41, 5.74) is 0.164. The molecule has 0 aliphatic carbocycles. The maximum absolute atomic E-state index is 12.3. The van der Waals surface area contributed by atoms with Crippen LogP contribution in [0.15, 0.2) is 18.3 Å². The van der Waals surface area contributed by atoms with Crippen LogP contribution >= 0.6 is 0 Å². The monoisotopic (exact) mass is 278 g/mol. The van der Waals surface area contributed by atoms with Gasteiger partial charge in [-0.15, -0.1) is 0 Å². The summed E-state index contributed by atoms with van der Waals surface area (Å²) < 4.78 is 5.43. The molecule has 1 unspecified atom stereocenters. The van der Waals surface area contributed by atoms with Crippen molar-refractivity contribution in [3.8, 4) is 0 Å². The van der Waals surface area contributed by atoms with Crippen LogP contribution in [0.1, 0.15) is 39.7 Å². The Balaban J connectivity index is 2.32. The van der Waals surface area contributed by atoms with Gasteiger partial charge in [0.25, 0.3) is 0 Å². The van der Waals surface area contributed by atoms with E-state index in [1.54, 1.807) is 11.1 Å². The van der Waals surface area contributed by atoms with E-state index in [9.17, 15) is 9.90 Å². The minimum Gasteiger partial charge on any atom is -0.443 e. The Morgan fingerprint density at radius 3 is 2.85 bits per heavy atom. The fourth-order valence-corrected chi connectivity index (χ4v) is 2.52. The third kappa shape index (κ3) is 2.77. The largest absolute Gasteiger partial charge is 0.443 e. The van der Waals surface area contributed by atoms with E-state index in [1.165, 1.54) is 0 Å². The first-order valence-electron chi connectivity index (χ1n) is 6.84. The topological polar surface area (TPSA) is 62.7 Å². The fourth-order valence-electron chi connectivity index (χ4n) is 2.52. The van der Waals surface area contributed by atoms with Crippen LogP contribution in [0.3, 0.4) is 0 Å². The molecule has 1 aliphatic heterocycles. The molecule has 0 saturated carbocycles. The summed E-state index contributed by atoms with van der Waals surface area (Å²) in [5, 5.41) is 9.27. The predicted octanol–water partition coefficient (Wildman–Crippen LogP) is 2.48. The van der Waals surface area contributed by atoms with Crippen molar-refractivity contribution in [3.63, 3.8) is 0 Å². The molecule has 1 aromatic heterocycles. The van der Waals surface area contributed by atoms with E-state index in [2.05, 4.69) is 4.98 Å². The summed E-state index contributed by atoms with van der Waals surface area (Å²) in [5.74, 6) is 0.637. The van der Waals surface area contributed by atoms with Crippen LogP contribution in [0, 0.1) is 0 Å². The molecule has 1 aromatic rings. The van der Waals surface area contributed by atoms with Crippen molar-refractivity contribution in [2.75, 3.05) is 18.1 Å². The van der Waals surface area contributed by atoms with Gasteiger partial charge in [0.05, 0.1) is 0 Å². The molecule has 20 heavy (non-hydrogen) atoms. The molecular weight excluding hydrogens is 256 g/mol. The van der Waals surface area contributed by atoms with Crippen molar-refractivity contribution < 1.29 is 14.6 Å². The molecule has 1 N–H and O–H groups in total. The maximum Gasteiger partial charge on any atom is 0.416 e. The summed E-state index contributed by atoms with van der Waals surface area (Å²) in [6.07, 6.45) is 1.87. The molecule has 110 valence electrons. The van der Waals surface area contributed by atoms with Crippen molar-refractivity contribution >= 4 is 11.9 Å². The normalized spacial score (nSPS) is 21.8. The lowest BCUT2D eigenvalue weighted by Gasteiger charge is -2.26. The summed E-state index contributed by atoms with van der Waals surface area (Å²) in [6, 6.07) is 3.81. The Labute approximate surface area is 119 Å². The second-order valence-electron chi connectivity index (χ2n) is 6.48. The van der Waals surface area contributed by atoms with Gasteiger partial charge in [-0.05, 0) is 33.3 Å². The predicted molar refractivity (Wildman–Crippen MR) is 76.9 cm³/mol. The van der Waals surface area contributed by atoms with E-state index >= 15 is 0 Å². The van der Waals surface area contributed by atoms with E-state index in [0.29, 0.717) is 18.8 Å². The SMILES string of the molecule is CC(C)(C)OC(=O)N1CC(C)(CCO)c2cccnc21. The lowest BCUT2D eigenvalue weighted by atomic mass is 9.82. The van der Waals surface area contributed by atoms with Gasteiger partial charge < -0.3 is 9.84 Å². The first-order valence-corrected chi connectivity index (χ1v) is 6.84. The average molecular weight is 278 g/mol. The molecule has 2 heterocycles. The molecule has 1 atom stereocenters. The second-order valence-corrected chi connectivity index (χ2v) is 6.48. The van der Waals surface area contributed by atoms with Crippen molar-refractivity contribution in [1.82, 2.24) is 4.98 Å². The molecule has 0 fully saturated rings. The molecule has 5 nitrogen and oxygen atoms in total. The van der Waals surface area contributed by atoms with E-state index in [1.807, 2.05) is 39.8 Å². The number of aliphatic hydroxyl groups is 1. The molecule has 2 rings (SSSR count). The number of rotatable bonds is 2. The number of aromatic nitrogens is 1. The van der Waals surface area contributed by atoms with Gasteiger partial charge in [0.15, 0.2) is 0 Å². The van der Waals surface area contributed by atoms with Crippen LogP contribution in [0.5, 0.6) is 0 Å². The first-order chi connectivity index (χ1) is 9.27. The van der Waals surface area contributed by atoms with Crippen LogP contribution < -0.4 is 4.90 Å². The first kappa shape index (κ1) is 14.8. The van der Waals surface area contributed by atoms with Crippen molar-refractivity contribution in [2.24, 2.45) is 0 Å². The van der Waals surface area contributed by atoms with Crippen LogP contribution in [0.2, 0.25) is 0 Å². The number of amides is 1. The molecule has 0 saturated heterocycles. The van der Waals surface area contributed by atoms with Crippen LogP contribution in [0.4, 0.5) is 10.6 Å². The summed E-state index contributed by atoms with van der Waals surface area (Å²) in [4.78, 5) is 18.2. The lowest BCUT2D eigenvalue weighted by Crippen LogP contribution is -2.39. The van der Waals surface area contributed by atoms with Gasteiger partial charge in [-0.3, -0.25) is 4.90 Å². The van der Waals surface area contributed by atoms with E-state index in [0.717, 1.165) is 5.56 Å². The van der Waals surface area contributed by atoms with Crippen LogP contribution in [-0.4, -0.2) is 34.9 Å². The van der Waals surface area contributed by atoms with Gasteiger partial charge in [-0.2, -0.15) is 0 Å². The fraction of sp³-hybridized carbons (Fsp3) is 0.600. The van der Waals surface area contributed by atoms with E-state index < -0.39 is 5.60 Å². The molecule has 5 heteroatoms. The zero-order valence-corrected chi connectivity index (χ0v) is 12.5. The molecule has 0 aromatic carbocycles. The quantitative estimate of drug-likeness (QED) is 0.902. The minimum absolute atomic E-state index is 0.0764. The zero-order valence-electron chi connectivity index (χ0n) is 12.5. The third-order valence-electron chi connectivity index (χ3n) is 3.48. The highest BCUT2D eigenvalue weighted by molar-refractivity contribution is 5.90. The third-order valence-corrected chi connectivity index (χ3v) is 3.48. The summed E-state index contributed by atoms with van der Waals surface area (Å²) in [7, 11) is 0. The average Bonchev–Trinajstić information content (AvgIpc) is 2.62. The highest BCUT2D eigenvalue weighted by Gasteiger charge is 2.43. The highest BCUT2D eigenvalue weighted by atomic mass is 16.6. The van der Waals surface area contributed by atoms with Crippen molar-refractivity contribution in [2.45, 2.75) is 45.1 Å². The Morgan fingerprint density at radius 2 is 2.25 bits per heavy atom. The molecule has 1 amide bonds. The number of hydrogen-bond donors (Lipinski definition) is 1. The number of nitrogens with zero attached hydrogens (tertiary/aromatic N) is 2. The Hall–Kier alpha value is -1.62. The number of aliphatic hydroxyl groups excluding tert-OH is 1. The molecular formula is C15H22N2O3. The number of carbonyl (C=O) groups is 1. The molecule has 0 bridgehead atoms. The number of carbonyl (C=O) groups excluding carboxylic acids is 1. The molecule has 0 spiro atoms. The van der Waals surface area contributed by atoms with E-state index in [-0.39, 0.29) is 18.1 Å². The second kappa shape index (κ2) is 5.05. The van der Waals surface area contributed by atoms with E-state index in [4.69, 9.17) is 4.74 Å². The Bertz CT molecular complexity index is 510. The number of anilines is 1.